The molecule has 3 rings (SSSR count). The molecule has 3 aromatic rings. The fourth-order valence-electron chi connectivity index (χ4n) is 2.27. The number of aromatic nitrogens is 3. The Bertz CT molecular complexity index is 961. The molecule has 6 heteroatoms. The molecule has 2 heterocycles. The first-order valence-electron chi connectivity index (χ1n) is 7.32. The van der Waals surface area contributed by atoms with Gasteiger partial charge in [0.25, 0.3) is 5.91 Å². The lowest BCUT2D eigenvalue weighted by Gasteiger charge is -2.08. The predicted octanol–water partition coefficient (Wildman–Crippen LogP) is 2.62. The molecule has 0 unspecified atom stereocenters. The molecule has 0 bridgehead atoms. The van der Waals surface area contributed by atoms with E-state index in [1.54, 1.807) is 32.6 Å². The lowest BCUT2D eigenvalue weighted by Crippen LogP contribution is -2.22. The molecule has 0 fully saturated rings. The molecule has 24 heavy (non-hydrogen) atoms. The monoisotopic (exact) mass is 317 g/mol. The van der Waals surface area contributed by atoms with Gasteiger partial charge in [0, 0.05) is 25.9 Å². The Morgan fingerprint density at radius 1 is 1.25 bits per heavy atom. The van der Waals surface area contributed by atoms with Crippen LogP contribution in [0, 0.1) is 11.3 Å². The summed E-state index contributed by atoms with van der Waals surface area (Å²) in [5.74, 6) is -0.314. The van der Waals surface area contributed by atoms with Crippen molar-refractivity contribution >= 4 is 23.1 Å². The quantitative estimate of drug-likeness (QED) is 0.594. The second-order valence-corrected chi connectivity index (χ2v) is 5.46. The van der Waals surface area contributed by atoms with Crippen molar-refractivity contribution < 1.29 is 4.79 Å². The van der Waals surface area contributed by atoms with Crippen LogP contribution in [0.5, 0.6) is 0 Å². The highest BCUT2D eigenvalue weighted by molar-refractivity contribution is 6.01. The SMILES string of the molecule is CN(C)C(=O)/C(C#N)=C/c1ccc(-c2cnc3[nH]ccc3n2)cc1. The molecule has 1 aromatic carbocycles. The molecule has 6 nitrogen and oxygen atoms in total. The molecule has 2 aromatic heterocycles. The number of hydrogen-bond acceptors (Lipinski definition) is 4. The van der Waals surface area contributed by atoms with Gasteiger partial charge in [0.05, 0.1) is 11.9 Å². The van der Waals surface area contributed by atoms with Crippen molar-refractivity contribution in [2.24, 2.45) is 0 Å². The lowest BCUT2D eigenvalue weighted by atomic mass is 10.1. The largest absolute Gasteiger partial charge is 0.345 e. The number of carbonyl (C=O) groups excluding carboxylic acids is 1. The number of hydrogen-bond donors (Lipinski definition) is 1. The first kappa shape index (κ1) is 15.4. The minimum absolute atomic E-state index is 0.0984. The van der Waals surface area contributed by atoms with E-state index in [9.17, 15) is 4.79 Å². The van der Waals surface area contributed by atoms with Crippen LogP contribution in [0.2, 0.25) is 0 Å². The Morgan fingerprint density at radius 2 is 2.00 bits per heavy atom. The van der Waals surface area contributed by atoms with Crippen LogP contribution in [0.4, 0.5) is 0 Å². The third-order valence-corrected chi connectivity index (χ3v) is 3.54. The van der Waals surface area contributed by atoms with E-state index in [0.29, 0.717) is 0 Å². The molecule has 0 saturated carbocycles. The van der Waals surface area contributed by atoms with Gasteiger partial charge < -0.3 is 9.88 Å². The van der Waals surface area contributed by atoms with Crippen LogP contribution in [-0.4, -0.2) is 39.9 Å². The second-order valence-electron chi connectivity index (χ2n) is 5.46. The van der Waals surface area contributed by atoms with E-state index in [0.717, 1.165) is 28.0 Å². The second kappa shape index (κ2) is 6.34. The van der Waals surface area contributed by atoms with Crippen LogP contribution < -0.4 is 0 Å². The highest BCUT2D eigenvalue weighted by atomic mass is 16.2. The molecule has 1 N–H and O–H groups in total. The molecule has 0 atom stereocenters. The number of carbonyl (C=O) groups is 1. The number of rotatable bonds is 3. The van der Waals surface area contributed by atoms with E-state index in [1.165, 1.54) is 4.90 Å². The Hall–Kier alpha value is -3.46. The van der Waals surface area contributed by atoms with Gasteiger partial charge in [0.15, 0.2) is 5.65 Å². The normalized spacial score (nSPS) is 11.3. The Morgan fingerprint density at radius 3 is 2.67 bits per heavy atom. The number of likely N-dealkylation sites (N-methyl/N-ethyl adjacent to an activating group) is 1. The maximum atomic E-state index is 11.9. The van der Waals surface area contributed by atoms with E-state index in [1.807, 2.05) is 36.4 Å². The van der Waals surface area contributed by atoms with Crippen molar-refractivity contribution in [2.75, 3.05) is 14.1 Å². The third kappa shape index (κ3) is 3.01. The van der Waals surface area contributed by atoms with Gasteiger partial charge in [-0.2, -0.15) is 5.26 Å². The number of fused-ring (bicyclic) bond motifs is 1. The van der Waals surface area contributed by atoms with E-state index < -0.39 is 0 Å². The fraction of sp³-hybridized carbons (Fsp3) is 0.111. The van der Waals surface area contributed by atoms with Crippen LogP contribution in [0.3, 0.4) is 0 Å². The minimum atomic E-state index is -0.314. The van der Waals surface area contributed by atoms with Crippen LogP contribution in [0.15, 0.2) is 48.3 Å². The number of H-pyrrole nitrogens is 1. The standard InChI is InChI=1S/C18H15N5O/c1-23(2)18(24)14(10-19)9-12-3-5-13(6-4-12)16-11-21-17-15(22-16)7-8-20-17/h3-9,11H,1-2H3,(H,20,21)/b14-9+. The first-order chi connectivity index (χ1) is 11.6. The third-order valence-electron chi connectivity index (χ3n) is 3.54. The number of nitriles is 1. The zero-order valence-corrected chi connectivity index (χ0v) is 13.3. The summed E-state index contributed by atoms with van der Waals surface area (Å²) in [4.78, 5) is 25.1. The zero-order valence-electron chi connectivity index (χ0n) is 13.3. The summed E-state index contributed by atoms with van der Waals surface area (Å²) in [5, 5.41) is 9.13. The van der Waals surface area contributed by atoms with Gasteiger partial charge in [-0.05, 0) is 17.7 Å². The molecule has 1 amide bonds. The Labute approximate surface area is 139 Å². The molecule has 118 valence electrons. The summed E-state index contributed by atoms with van der Waals surface area (Å²) in [7, 11) is 3.23. The maximum absolute atomic E-state index is 11.9. The lowest BCUT2D eigenvalue weighted by molar-refractivity contribution is -0.124. The van der Waals surface area contributed by atoms with Gasteiger partial charge in [0.2, 0.25) is 0 Å². The van der Waals surface area contributed by atoms with Crippen molar-refractivity contribution in [1.82, 2.24) is 19.9 Å². The number of aromatic amines is 1. The maximum Gasteiger partial charge on any atom is 0.264 e. The summed E-state index contributed by atoms with van der Waals surface area (Å²) in [5.41, 5.74) is 4.11. The van der Waals surface area contributed by atoms with Crippen molar-refractivity contribution in [3.8, 4) is 17.3 Å². The van der Waals surface area contributed by atoms with Crippen LogP contribution in [0.1, 0.15) is 5.56 Å². The van der Waals surface area contributed by atoms with Crippen LogP contribution in [0.25, 0.3) is 28.5 Å². The average molecular weight is 317 g/mol. The van der Waals surface area contributed by atoms with E-state index >= 15 is 0 Å². The van der Waals surface area contributed by atoms with Gasteiger partial charge in [-0.3, -0.25) is 4.79 Å². The molecule has 0 radical (unpaired) electrons. The summed E-state index contributed by atoms with van der Waals surface area (Å²) < 4.78 is 0. The van der Waals surface area contributed by atoms with Gasteiger partial charge in [-0.15, -0.1) is 0 Å². The van der Waals surface area contributed by atoms with Gasteiger partial charge >= 0.3 is 0 Å². The van der Waals surface area contributed by atoms with E-state index in [4.69, 9.17) is 5.26 Å². The topological polar surface area (TPSA) is 85.7 Å². The van der Waals surface area contributed by atoms with Gasteiger partial charge in [-0.25, -0.2) is 9.97 Å². The number of nitrogens with zero attached hydrogens (tertiary/aromatic N) is 4. The Balaban J connectivity index is 1.90. The van der Waals surface area contributed by atoms with E-state index in [2.05, 4.69) is 15.0 Å². The van der Waals surface area contributed by atoms with E-state index in [-0.39, 0.29) is 11.5 Å². The minimum Gasteiger partial charge on any atom is -0.345 e. The molecule has 0 saturated heterocycles. The molecule has 0 aliphatic heterocycles. The highest BCUT2D eigenvalue weighted by Gasteiger charge is 2.11. The zero-order chi connectivity index (χ0) is 17.1. The van der Waals surface area contributed by atoms with Gasteiger partial charge in [0.1, 0.15) is 17.2 Å². The molecular weight excluding hydrogens is 302 g/mol. The summed E-state index contributed by atoms with van der Waals surface area (Å²) >= 11 is 0. The average Bonchev–Trinajstić information content (AvgIpc) is 3.07. The molecule has 0 spiro atoms. The van der Waals surface area contributed by atoms with Gasteiger partial charge in [-0.1, -0.05) is 24.3 Å². The van der Waals surface area contributed by atoms with Crippen molar-refractivity contribution in [1.29, 1.82) is 5.26 Å². The number of amides is 1. The molecule has 0 aliphatic carbocycles. The van der Waals surface area contributed by atoms with Crippen molar-refractivity contribution in [3.05, 3.63) is 53.9 Å². The number of nitrogens with one attached hydrogen (secondary N) is 1. The highest BCUT2D eigenvalue weighted by Crippen LogP contribution is 2.20. The van der Waals surface area contributed by atoms with Crippen molar-refractivity contribution in [2.45, 2.75) is 0 Å². The van der Waals surface area contributed by atoms with Crippen molar-refractivity contribution in [3.63, 3.8) is 0 Å². The molecule has 0 aliphatic rings. The number of benzene rings is 1. The van der Waals surface area contributed by atoms with Crippen LogP contribution >= 0.6 is 0 Å². The summed E-state index contributed by atoms with van der Waals surface area (Å²) in [6.45, 7) is 0. The summed E-state index contributed by atoms with van der Waals surface area (Å²) in [6.07, 6.45) is 5.08. The predicted molar refractivity (Wildman–Crippen MR) is 91.6 cm³/mol. The smallest absolute Gasteiger partial charge is 0.264 e. The van der Waals surface area contributed by atoms with Crippen LogP contribution in [-0.2, 0) is 4.79 Å². The molecular formula is C18H15N5O. The summed E-state index contributed by atoms with van der Waals surface area (Å²) in [6, 6.07) is 11.3. The first-order valence-corrected chi connectivity index (χ1v) is 7.32. The fourth-order valence-corrected chi connectivity index (χ4v) is 2.27. The Kier molecular flexibility index (Phi) is 4.08.